The fourth-order valence-electron chi connectivity index (χ4n) is 1.44. The number of nitrogens with zero attached hydrogens (tertiary/aromatic N) is 1. The molecule has 0 aliphatic carbocycles. The highest BCUT2D eigenvalue weighted by atomic mass is 19.1. The summed E-state index contributed by atoms with van der Waals surface area (Å²) in [7, 11) is 4.54. The second kappa shape index (κ2) is 7.33. The van der Waals surface area contributed by atoms with Gasteiger partial charge in [-0.2, -0.15) is 0 Å². The van der Waals surface area contributed by atoms with Crippen molar-refractivity contribution in [3.8, 4) is 11.5 Å². The fraction of sp³-hybridized carbons (Fsp3) is 0.200. The van der Waals surface area contributed by atoms with Crippen LogP contribution in [0.2, 0.25) is 0 Å². The van der Waals surface area contributed by atoms with E-state index in [1.807, 2.05) is 68.7 Å². The molecule has 2 nitrogen and oxygen atoms in total. The molecule has 0 saturated heterocycles. The van der Waals surface area contributed by atoms with Gasteiger partial charge in [0.1, 0.15) is 11.5 Å². The number of hydrogen-bond donors (Lipinski definition) is 0. The molecule has 2 aromatic carbocycles. The van der Waals surface area contributed by atoms with Gasteiger partial charge in [0.25, 0.3) is 0 Å². The van der Waals surface area contributed by atoms with Crippen LogP contribution in [-0.2, 0) is 0 Å². The first-order chi connectivity index (χ1) is 8.75. The zero-order valence-corrected chi connectivity index (χ0v) is 10.9. The number of ether oxygens (including phenoxy) is 1. The Labute approximate surface area is 108 Å². The van der Waals surface area contributed by atoms with Gasteiger partial charge in [-0.25, -0.2) is 0 Å². The standard InChI is InChI=1S/C14H15NO.CH3F/c1-15(2)12-8-10-14(11-9-12)16-13-6-4-3-5-7-13;1-2/h3-11H,1-2H3;1H3. The molecule has 2 aromatic rings. The van der Waals surface area contributed by atoms with Crippen LogP contribution in [0, 0.1) is 0 Å². The molecule has 3 heteroatoms. The van der Waals surface area contributed by atoms with Gasteiger partial charge in [0, 0.05) is 19.8 Å². The van der Waals surface area contributed by atoms with E-state index in [0.29, 0.717) is 7.18 Å². The number of alkyl halides is 1. The topological polar surface area (TPSA) is 12.5 Å². The van der Waals surface area contributed by atoms with Crippen LogP contribution in [0.25, 0.3) is 0 Å². The Morgan fingerprint density at radius 1 is 0.778 bits per heavy atom. The SMILES string of the molecule is CF.CN(C)c1ccc(Oc2ccccc2)cc1. The molecule has 0 atom stereocenters. The first kappa shape index (κ1) is 14.0. The summed E-state index contributed by atoms with van der Waals surface area (Å²) in [5.74, 6) is 1.72. The van der Waals surface area contributed by atoms with Crippen LogP contribution in [-0.4, -0.2) is 21.3 Å². The van der Waals surface area contributed by atoms with Crippen LogP contribution in [0.15, 0.2) is 54.6 Å². The van der Waals surface area contributed by atoms with E-state index in [9.17, 15) is 4.39 Å². The number of hydrogen-bond acceptors (Lipinski definition) is 2. The molecule has 0 amide bonds. The number of halogens is 1. The lowest BCUT2D eigenvalue weighted by molar-refractivity contribution is 0.483. The van der Waals surface area contributed by atoms with E-state index >= 15 is 0 Å². The van der Waals surface area contributed by atoms with Gasteiger partial charge in [-0.05, 0) is 36.4 Å². The van der Waals surface area contributed by atoms with Crippen molar-refractivity contribution in [3.63, 3.8) is 0 Å². The monoisotopic (exact) mass is 247 g/mol. The first-order valence-electron chi connectivity index (χ1n) is 5.64. The van der Waals surface area contributed by atoms with Gasteiger partial charge in [-0.3, -0.25) is 4.39 Å². The number of para-hydroxylation sites is 1. The average Bonchev–Trinajstić information content (AvgIpc) is 2.43. The molecule has 18 heavy (non-hydrogen) atoms. The zero-order valence-electron chi connectivity index (χ0n) is 10.9. The van der Waals surface area contributed by atoms with E-state index in [1.165, 1.54) is 5.69 Å². The van der Waals surface area contributed by atoms with E-state index in [1.54, 1.807) is 0 Å². The Kier molecular flexibility index (Phi) is 5.71. The number of rotatable bonds is 3. The molecule has 0 fully saturated rings. The molecule has 0 radical (unpaired) electrons. The Bertz CT molecular complexity index is 440. The lowest BCUT2D eigenvalue weighted by Crippen LogP contribution is -2.07. The fourth-order valence-corrected chi connectivity index (χ4v) is 1.44. The van der Waals surface area contributed by atoms with Crippen molar-refractivity contribution < 1.29 is 9.13 Å². The molecular formula is C15H18FNO. The zero-order chi connectivity index (χ0) is 13.4. The maximum atomic E-state index is 9.50. The summed E-state index contributed by atoms with van der Waals surface area (Å²) >= 11 is 0. The number of benzene rings is 2. The maximum absolute atomic E-state index is 9.50. The summed E-state index contributed by atoms with van der Waals surface area (Å²) < 4.78 is 15.2. The molecule has 0 unspecified atom stereocenters. The van der Waals surface area contributed by atoms with Gasteiger partial charge in [0.2, 0.25) is 0 Å². The van der Waals surface area contributed by atoms with E-state index in [-0.39, 0.29) is 0 Å². The van der Waals surface area contributed by atoms with E-state index in [4.69, 9.17) is 4.74 Å². The Balaban J connectivity index is 0.000000771. The van der Waals surface area contributed by atoms with E-state index in [2.05, 4.69) is 4.90 Å². The van der Waals surface area contributed by atoms with Crippen molar-refractivity contribution in [2.45, 2.75) is 0 Å². The summed E-state index contributed by atoms with van der Waals surface area (Å²) in [5, 5.41) is 0. The van der Waals surface area contributed by atoms with Gasteiger partial charge >= 0.3 is 0 Å². The van der Waals surface area contributed by atoms with Crippen molar-refractivity contribution >= 4 is 5.69 Å². The minimum absolute atomic E-state index is 0.500. The van der Waals surface area contributed by atoms with E-state index < -0.39 is 0 Å². The van der Waals surface area contributed by atoms with Crippen molar-refractivity contribution in [2.75, 3.05) is 26.2 Å². The highest BCUT2D eigenvalue weighted by molar-refractivity contribution is 5.48. The minimum atomic E-state index is 0.500. The summed E-state index contributed by atoms with van der Waals surface area (Å²) in [6.45, 7) is 0. The van der Waals surface area contributed by atoms with Crippen molar-refractivity contribution in [1.82, 2.24) is 0 Å². The van der Waals surface area contributed by atoms with Crippen LogP contribution in [0.5, 0.6) is 11.5 Å². The maximum Gasteiger partial charge on any atom is 0.127 e. The lowest BCUT2D eigenvalue weighted by atomic mass is 10.3. The van der Waals surface area contributed by atoms with Crippen molar-refractivity contribution in [3.05, 3.63) is 54.6 Å². The van der Waals surface area contributed by atoms with E-state index in [0.717, 1.165) is 11.5 Å². The van der Waals surface area contributed by atoms with Crippen LogP contribution >= 0.6 is 0 Å². The quantitative estimate of drug-likeness (QED) is 0.808. The van der Waals surface area contributed by atoms with Crippen molar-refractivity contribution in [1.29, 1.82) is 0 Å². The normalized spacial score (nSPS) is 9.11. The van der Waals surface area contributed by atoms with Gasteiger partial charge < -0.3 is 9.64 Å². The summed E-state index contributed by atoms with van der Waals surface area (Å²) in [6.07, 6.45) is 0. The molecule has 0 aromatic heterocycles. The Morgan fingerprint density at radius 2 is 1.28 bits per heavy atom. The Morgan fingerprint density at radius 3 is 1.78 bits per heavy atom. The van der Waals surface area contributed by atoms with Crippen LogP contribution < -0.4 is 9.64 Å². The van der Waals surface area contributed by atoms with Gasteiger partial charge in [-0.1, -0.05) is 18.2 Å². The van der Waals surface area contributed by atoms with Crippen LogP contribution in [0.3, 0.4) is 0 Å². The van der Waals surface area contributed by atoms with Crippen LogP contribution in [0.1, 0.15) is 0 Å². The molecule has 0 bridgehead atoms. The largest absolute Gasteiger partial charge is 0.457 e. The van der Waals surface area contributed by atoms with Gasteiger partial charge in [0.15, 0.2) is 0 Å². The summed E-state index contributed by atoms with van der Waals surface area (Å²) in [5.41, 5.74) is 1.17. The van der Waals surface area contributed by atoms with Gasteiger partial charge in [0.05, 0.1) is 7.18 Å². The molecule has 0 spiro atoms. The highest BCUT2D eigenvalue weighted by Gasteiger charge is 1.97. The average molecular weight is 247 g/mol. The molecule has 0 heterocycles. The van der Waals surface area contributed by atoms with Gasteiger partial charge in [-0.15, -0.1) is 0 Å². The predicted octanol–water partition coefficient (Wildman–Crippen LogP) is 4.13. The first-order valence-corrected chi connectivity index (χ1v) is 5.64. The molecule has 0 aliphatic heterocycles. The summed E-state index contributed by atoms with van der Waals surface area (Å²) in [6, 6.07) is 17.8. The summed E-state index contributed by atoms with van der Waals surface area (Å²) in [4.78, 5) is 2.06. The van der Waals surface area contributed by atoms with Crippen molar-refractivity contribution in [2.24, 2.45) is 0 Å². The third-order valence-electron chi connectivity index (χ3n) is 2.33. The minimum Gasteiger partial charge on any atom is -0.457 e. The third-order valence-corrected chi connectivity index (χ3v) is 2.33. The highest BCUT2D eigenvalue weighted by Crippen LogP contribution is 2.23. The van der Waals surface area contributed by atoms with Crippen LogP contribution in [0.4, 0.5) is 10.1 Å². The molecular weight excluding hydrogens is 229 g/mol. The number of anilines is 1. The molecule has 0 saturated carbocycles. The second-order valence-electron chi connectivity index (χ2n) is 3.80. The third kappa shape index (κ3) is 4.09. The smallest absolute Gasteiger partial charge is 0.127 e. The Hall–Kier alpha value is -2.03. The second-order valence-corrected chi connectivity index (χ2v) is 3.80. The molecule has 96 valence electrons. The molecule has 2 rings (SSSR count). The lowest BCUT2D eigenvalue weighted by Gasteiger charge is -2.12. The molecule has 0 aliphatic rings. The predicted molar refractivity (Wildman–Crippen MR) is 74.3 cm³/mol. The molecule has 0 N–H and O–H groups in total.